The maximum absolute atomic E-state index is 12.7. The molecule has 0 spiro atoms. The molecule has 3 rings (SSSR count). The third-order valence-electron chi connectivity index (χ3n) is 4.34. The Labute approximate surface area is 161 Å². The SMILES string of the molecule is CCNC(=O)NC(=O)[C@H](OC(=O)c1cc2c(s1)CCCC2)c1ccccc1. The first-order valence-corrected chi connectivity index (χ1v) is 9.86. The van der Waals surface area contributed by atoms with Gasteiger partial charge in [0.05, 0.1) is 0 Å². The van der Waals surface area contributed by atoms with E-state index in [0.717, 1.165) is 25.7 Å². The molecular weight excluding hydrogens is 364 g/mol. The van der Waals surface area contributed by atoms with Crippen molar-refractivity contribution in [2.75, 3.05) is 6.54 Å². The van der Waals surface area contributed by atoms with Gasteiger partial charge in [-0.1, -0.05) is 30.3 Å². The minimum Gasteiger partial charge on any atom is -0.443 e. The number of hydrogen-bond acceptors (Lipinski definition) is 5. The molecule has 0 fully saturated rings. The summed E-state index contributed by atoms with van der Waals surface area (Å²) in [5, 5.41) is 4.71. The molecule has 2 aromatic rings. The highest BCUT2D eigenvalue weighted by Gasteiger charge is 2.28. The Hall–Kier alpha value is -2.67. The molecule has 0 saturated heterocycles. The number of esters is 1. The number of thiophene rings is 1. The summed E-state index contributed by atoms with van der Waals surface area (Å²) in [4.78, 5) is 38.6. The molecule has 1 aliphatic rings. The van der Waals surface area contributed by atoms with Gasteiger partial charge >= 0.3 is 12.0 Å². The first-order valence-electron chi connectivity index (χ1n) is 9.04. The summed E-state index contributed by atoms with van der Waals surface area (Å²) in [6.45, 7) is 2.13. The highest BCUT2D eigenvalue weighted by Crippen LogP contribution is 2.31. The predicted molar refractivity (Wildman–Crippen MR) is 103 cm³/mol. The van der Waals surface area contributed by atoms with Crippen molar-refractivity contribution >= 4 is 29.2 Å². The normalized spacial score (nSPS) is 14.0. The van der Waals surface area contributed by atoms with Crippen molar-refractivity contribution in [3.8, 4) is 0 Å². The molecule has 7 heteroatoms. The summed E-state index contributed by atoms with van der Waals surface area (Å²) in [5.41, 5.74) is 1.70. The van der Waals surface area contributed by atoms with Crippen LogP contribution in [0.25, 0.3) is 0 Å². The van der Waals surface area contributed by atoms with Crippen LogP contribution < -0.4 is 10.6 Å². The minimum atomic E-state index is -1.19. The van der Waals surface area contributed by atoms with Gasteiger partial charge in [-0.3, -0.25) is 10.1 Å². The van der Waals surface area contributed by atoms with Crippen LogP contribution in [0.4, 0.5) is 4.79 Å². The van der Waals surface area contributed by atoms with Crippen molar-refractivity contribution < 1.29 is 19.1 Å². The molecule has 3 amide bonds. The number of ether oxygens (including phenoxy) is 1. The van der Waals surface area contributed by atoms with Gasteiger partial charge in [0.25, 0.3) is 5.91 Å². The lowest BCUT2D eigenvalue weighted by Crippen LogP contribution is -2.42. The van der Waals surface area contributed by atoms with Gasteiger partial charge in [0, 0.05) is 17.0 Å². The molecule has 142 valence electrons. The van der Waals surface area contributed by atoms with Gasteiger partial charge in [-0.25, -0.2) is 9.59 Å². The van der Waals surface area contributed by atoms with Gasteiger partial charge in [-0.05, 0) is 44.2 Å². The molecule has 0 aliphatic heterocycles. The van der Waals surface area contributed by atoms with Gasteiger partial charge in [0.15, 0.2) is 0 Å². The lowest BCUT2D eigenvalue weighted by atomic mass is 9.99. The Morgan fingerprint density at radius 1 is 1.15 bits per heavy atom. The molecule has 0 bridgehead atoms. The number of imide groups is 1. The number of amides is 3. The quantitative estimate of drug-likeness (QED) is 0.772. The van der Waals surface area contributed by atoms with Crippen LogP contribution in [-0.2, 0) is 22.4 Å². The smallest absolute Gasteiger partial charge is 0.349 e. The number of fused-ring (bicyclic) bond motifs is 1. The number of rotatable bonds is 5. The molecule has 27 heavy (non-hydrogen) atoms. The zero-order valence-electron chi connectivity index (χ0n) is 15.1. The van der Waals surface area contributed by atoms with Gasteiger partial charge in [0.1, 0.15) is 4.88 Å². The molecule has 1 aromatic heterocycles. The van der Waals surface area contributed by atoms with Gasteiger partial charge in [-0.2, -0.15) is 0 Å². The fourth-order valence-electron chi connectivity index (χ4n) is 3.04. The number of hydrogen-bond donors (Lipinski definition) is 2. The van der Waals surface area contributed by atoms with E-state index < -0.39 is 24.0 Å². The summed E-state index contributed by atoms with van der Waals surface area (Å²) in [6.07, 6.45) is 3.01. The second kappa shape index (κ2) is 8.81. The summed E-state index contributed by atoms with van der Waals surface area (Å²) in [6, 6.07) is 9.93. The maximum atomic E-state index is 12.7. The van der Waals surface area contributed by atoms with E-state index in [1.807, 2.05) is 6.07 Å². The van der Waals surface area contributed by atoms with Gasteiger partial charge < -0.3 is 10.1 Å². The molecule has 1 aromatic carbocycles. The number of urea groups is 1. The Morgan fingerprint density at radius 2 is 1.89 bits per heavy atom. The van der Waals surface area contributed by atoms with E-state index in [-0.39, 0.29) is 0 Å². The Balaban J connectivity index is 1.78. The molecule has 1 aliphatic carbocycles. The third-order valence-corrected chi connectivity index (χ3v) is 5.55. The second-order valence-corrected chi connectivity index (χ2v) is 7.45. The Bertz CT molecular complexity index is 808. The van der Waals surface area contributed by atoms with Crippen molar-refractivity contribution in [3.63, 3.8) is 0 Å². The fraction of sp³-hybridized carbons (Fsp3) is 0.350. The van der Waals surface area contributed by atoms with E-state index in [0.29, 0.717) is 17.0 Å². The summed E-state index contributed by atoms with van der Waals surface area (Å²) >= 11 is 1.43. The van der Waals surface area contributed by atoms with Crippen molar-refractivity contribution in [2.24, 2.45) is 0 Å². The zero-order chi connectivity index (χ0) is 19.2. The van der Waals surface area contributed by atoms with E-state index in [1.54, 1.807) is 37.3 Å². The van der Waals surface area contributed by atoms with Crippen LogP contribution in [0.5, 0.6) is 0 Å². The molecule has 1 heterocycles. The third kappa shape index (κ3) is 4.74. The number of benzene rings is 1. The van der Waals surface area contributed by atoms with Crippen molar-refractivity contribution in [2.45, 2.75) is 38.7 Å². The highest BCUT2D eigenvalue weighted by atomic mass is 32.1. The lowest BCUT2D eigenvalue weighted by Gasteiger charge is -2.17. The standard InChI is InChI=1S/C20H22N2O4S/c1-2-21-20(25)22-18(23)17(13-8-4-3-5-9-13)26-19(24)16-12-14-10-6-7-11-15(14)27-16/h3-5,8-9,12,17H,2,6-7,10-11H2,1H3,(H2,21,22,23,25)/t17-/m1/s1. The van der Waals surface area contributed by atoms with Crippen LogP contribution in [0.1, 0.15) is 51.5 Å². The van der Waals surface area contributed by atoms with Crippen LogP contribution >= 0.6 is 11.3 Å². The average Bonchev–Trinajstić information content (AvgIpc) is 3.11. The van der Waals surface area contributed by atoms with Crippen LogP contribution in [0.3, 0.4) is 0 Å². The van der Waals surface area contributed by atoms with E-state index in [4.69, 9.17) is 4.74 Å². The van der Waals surface area contributed by atoms with E-state index >= 15 is 0 Å². The van der Waals surface area contributed by atoms with Crippen LogP contribution in [0, 0.1) is 0 Å². The molecule has 0 radical (unpaired) electrons. The largest absolute Gasteiger partial charge is 0.443 e. The summed E-state index contributed by atoms with van der Waals surface area (Å²) in [7, 11) is 0. The van der Waals surface area contributed by atoms with Gasteiger partial charge in [0.2, 0.25) is 6.10 Å². The first-order chi connectivity index (χ1) is 13.1. The molecule has 0 saturated carbocycles. The number of nitrogens with one attached hydrogen (secondary N) is 2. The summed E-state index contributed by atoms with van der Waals surface area (Å²) < 4.78 is 5.52. The fourth-order valence-corrected chi connectivity index (χ4v) is 4.18. The molecular formula is C20H22N2O4S. The first kappa shape index (κ1) is 19.1. The average molecular weight is 386 g/mol. The van der Waals surface area contributed by atoms with Crippen molar-refractivity contribution in [1.82, 2.24) is 10.6 Å². The minimum absolute atomic E-state index is 0.385. The van der Waals surface area contributed by atoms with E-state index in [2.05, 4.69) is 10.6 Å². The Morgan fingerprint density at radius 3 is 2.59 bits per heavy atom. The summed E-state index contributed by atoms with van der Waals surface area (Å²) in [5.74, 6) is -1.23. The zero-order valence-corrected chi connectivity index (χ0v) is 15.9. The van der Waals surface area contributed by atoms with Crippen molar-refractivity contribution in [3.05, 3.63) is 57.3 Å². The molecule has 0 unspecified atom stereocenters. The van der Waals surface area contributed by atoms with E-state index in [1.165, 1.54) is 21.8 Å². The van der Waals surface area contributed by atoms with Crippen LogP contribution in [0.2, 0.25) is 0 Å². The van der Waals surface area contributed by atoms with Crippen LogP contribution in [-0.4, -0.2) is 24.5 Å². The van der Waals surface area contributed by atoms with Gasteiger partial charge in [-0.15, -0.1) is 11.3 Å². The topological polar surface area (TPSA) is 84.5 Å². The highest BCUT2D eigenvalue weighted by molar-refractivity contribution is 7.14. The maximum Gasteiger partial charge on any atom is 0.349 e. The number of carbonyl (C=O) groups is 3. The Kier molecular flexibility index (Phi) is 6.24. The molecule has 1 atom stereocenters. The molecule has 2 N–H and O–H groups in total. The predicted octanol–water partition coefficient (Wildman–Crippen LogP) is 3.37. The second-order valence-electron chi connectivity index (χ2n) is 6.31. The van der Waals surface area contributed by atoms with E-state index in [9.17, 15) is 14.4 Å². The van der Waals surface area contributed by atoms with Crippen molar-refractivity contribution in [1.29, 1.82) is 0 Å². The number of carbonyl (C=O) groups excluding carboxylic acids is 3. The monoisotopic (exact) mass is 386 g/mol. The van der Waals surface area contributed by atoms with Crippen LogP contribution in [0.15, 0.2) is 36.4 Å². The number of aryl methyl sites for hydroxylation is 2. The molecule has 6 nitrogen and oxygen atoms in total. The lowest BCUT2D eigenvalue weighted by molar-refractivity contribution is -0.129.